The Hall–Kier alpha value is -4.92. The van der Waals surface area contributed by atoms with Crippen LogP contribution in [0.1, 0.15) is 53.6 Å². The zero-order valence-electron chi connectivity index (χ0n) is 23.9. The number of halogens is 1. The lowest BCUT2D eigenvalue weighted by Gasteiger charge is -2.11. The summed E-state index contributed by atoms with van der Waals surface area (Å²) in [6.45, 7) is 9.44. The summed E-state index contributed by atoms with van der Waals surface area (Å²) in [5.74, 6) is -1.38. The van der Waals surface area contributed by atoms with Crippen LogP contribution in [-0.4, -0.2) is 44.3 Å². The van der Waals surface area contributed by atoms with Gasteiger partial charge in [-0.2, -0.15) is 4.39 Å². The van der Waals surface area contributed by atoms with E-state index < -0.39 is 23.7 Å². The van der Waals surface area contributed by atoms with Crippen molar-refractivity contribution in [2.24, 2.45) is 0 Å². The Morgan fingerprint density at radius 1 is 0.767 bits per heavy atom. The summed E-state index contributed by atoms with van der Waals surface area (Å²) in [6.07, 6.45) is 2.97. The molecule has 1 unspecified atom stereocenters. The second-order valence-corrected chi connectivity index (χ2v) is 9.80. The van der Waals surface area contributed by atoms with Crippen LogP contribution >= 0.6 is 0 Å². The maximum Gasteiger partial charge on any atom is 0.366 e. The molecule has 0 spiro atoms. The number of hydrogen-bond acceptors (Lipinski definition) is 8. The molecule has 1 aliphatic rings. The van der Waals surface area contributed by atoms with Crippen molar-refractivity contribution in [3.63, 3.8) is 0 Å². The molecule has 0 amide bonds. The summed E-state index contributed by atoms with van der Waals surface area (Å²) in [7, 11) is 0. The third kappa shape index (κ3) is 8.31. The molecule has 4 rings (SSSR count). The zero-order chi connectivity index (χ0) is 30.8. The SMILES string of the molecule is C=CC(=O)OCCCCOc1ccc2c(c1)C(C)c1cc(C(=O)Oc3ccc(OCCCOC(=O)C(=C)F)cc3)ccc1-2. The third-order valence-corrected chi connectivity index (χ3v) is 6.80. The number of ether oxygens (including phenoxy) is 5. The van der Waals surface area contributed by atoms with Gasteiger partial charge in [0.05, 0.1) is 32.0 Å². The summed E-state index contributed by atoms with van der Waals surface area (Å²) in [6, 6.07) is 18.2. The molecule has 43 heavy (non-hydrogen) atoms. The number of hydrogen-bond donors (Lipinski definition) is 0. The highest BCUT2D eigenvalue weighted by Crippen LogP contribution is 2.46. The molecule has 0 heterocycles. The van der Waals surface area contributed by atoms with Crippen molar-refractivity contribution in [2.45, 2.75) is 32.1 Å². The van der Waals surface area contributed by atoms with Gasteiger partial charge in [-0.3, -0.25) is 0 Å². The van der Waals surface area contributed by atoms with E-state index in [0.717, 1.165) is 40.5 Å². The molecule has 0 bridgehead atoms. The Labute approximate surface area is 249 Å². The molecular weight excluding hydrogens is 555 g/mol. The first-order valence-electron chi connectivity index (χ1n) is 13.9. The van der Waals surface area contributed by atoms with Gasteiger partial charge in [0.2, 0.25) is 5.83 Å². The van der Waals surface area contributed by atoms with Crippen LogP contribution in [-0.2, 0) is 19.1 Å². The lowest BCUT2D eigenvalue weighted by atomic mass is 9.98. The predicted octanol–water partition coefficient (Wildman–Crippen LogP) is 6.72. The average Bonchev–Trinajstić information content (AvgIpc) is 3.29. The highest BCUT2D eigenvalue weighted by Gasteiger charge is 2.27. The molecule has 0 fully saturated rings. The van der Waals surface area contributed by atoms with Gasteiger partial charge in [0.1, 0.15) is 17.2 Å². The maximum atomic E-state index is 12.9. The van der Waals surface area contributed by atoms with Gasteiger partial charge < -0.3 is 23.7 Å². The lowest BCUT2D eigenvalue weighted by molar-refractivity contribution is -0.141. The minimum atomic E-state index is -1.14. The van der Waals surface area contributed by atoms with Crippen molar-refractivity contribution in [3.05, 3.63) is 102 Å². The summed E-state index contributed by atoms with van der Waals surface area (Å²) >= 11 is 0. The van der Waals surface area contributed by atoms with Crippen LogP contribution in [0.15, 0.2) is 85.7 Å². The zero-order valence-corrected chi connectivity index (χ0v) is 23.9. The molecular formula is C34H33FO8. The van der Waals surface area contributed by atoms with Crippen LogP contribution in [0.25, 0.3) is 11.1 Å². The Balaban J connectivity index is 1.27. The molecule has 0 saturated carbocycles. The Morgan fingerprint density at radius 2 is 1.35 bits per heavy atom. The van der Waals surface area contributed by atoms with E-state index in [1.54, 1.807) is 30.3 Å². The van der Waals surface area contributed by atoms with E-state index in [-0.39, 0.29) is 19.1 Å². The first kappa shape index (κ1) is 31.0. The number of rotatable bonds is 15. The van der Waals surface area contributed by atoms with E-state index in [1.165, 1.54) is 0 Å². The highest BCUT2D eigenvalue weighted by molar-refractivity contribution is 5.93. The number of benzene rings is 3. The van der Waals surface area contributed by atoms with Crippen LogP contribution in [0.3, 0.4) is 0 Å². The standard InChI is InChI=1S/C34H33FO8/c1-4-32(36)41-17-6-5-16-40-27-13-15-29-28-14-8-24(20-30(28)22(2)31(29)21-27)34(38)43-26-11-9-25(10-12-26)39-18-7-19-42-33(37)23(3)35/h4,8-15,20-22H,1,3,5-7,16-19H2,2H3. The molecule has 0 N–H and O–H groups in total. The van der Waals surface area contributed by atoms with Crippen molar-refractivity contribution >= 4 is 17.9 Å². The Bertz CT molecular complexity index is 1490. The van der Waals surface area contributed by atoms with Crippen molar-refractivity contribution in [2.75, 3.05) is 26.4 Å². The van der Waals surface area contributed by atoms with Gasteiger partial charge in [-0.25, -0.2) is 14.4 Å². The van der Waals surface area contributed by atoms with Gasteiger partial charge in [0.15, 0.2) is 0 Å². The van der Waals surface area contributed by atoms with Crippen LogP contribution < -0.4 is 14.2 Å². The Morgan fingerprint density at radius 3 is 2.07 bits per heavy atom. The van der Waals surface area contributed by atoms with Crippen LogP contribution in [0, 0.1) is 0 Å². The second kappa shape index (κ2) is 14.8. The molecule has 3 aromatic rings. The summed E-state index contributed by atoms with van der Waals surface area (Å²) < 4.78 is 39.3. The molecule has 1 aliphatic carbocycles. The summed E-state index contributed by atoms with van der Waals surface area (Å²) in [5.41, 5.74) is 4.78. The molecule has 3 aromatic carbocycles. The van der Waals surface area contributed by atoms with Crippen LogP contribution in [0.5, 0.6) is 17.2 Å². The lowest BCUT2D eigenvalue weighted by Crippen LogP contribution is -2.09. The number of fused-ring (bicyclic) bond motifs is 3. The molecule has 0 radical (unpaired) electrons. The normalized spacial score (nSPS) is 12.8. The fourth-order valence-corrected chi connectivity index (χ4v) is 4.58. The van der Waals surface area contributed by atoms with E-state index in [2.05, 4.69) is 24.8 Å². The Kier molecular flexibility index (Phi) is 10.7. The molecule has 0 saturated heterocycles. The monoisotopic (exact) mass is 588 g/mol. The van der Waals surface area contributed by atoms with E-state index in [0.29, 0.717) is 43.1 Å². The number of unbranched alkanes of at least 4 members (excludes halogenated alkanes) is 1. The van der Waals surface area contributed by atoms with Crippen LogP contribution in [0.4, 0.5) is 4.39 Å². The number of carbonyl (C=O) groups excluding carboxylic acids is 3. The minimum absolute atomic E-state index is 0.00880. The van der Waals surface area contributed by atoms with Gasteiger partial charge in [-0.1, -0.05) is 32.2 Å². The average molecular weight is 589 g/mol. The number of carbonyl (C=O) groups is 3. The molecule has 224 valence electrons. The maximum absolute atomic E-state index is 12.9. The van der Waals surface area contributed by atoms with Crippen molar-refractivity contribution in [1.29, 1.82) is 0 Å². The van der Waals surface area contributed by atoms with Gasteiger partial charge >= 0.3 is 17.9 Å². The number of esters is 3. The van der Waals surface area contributed by atoms with E-state index >= 15 is 0 Å². The fraction of sp³-hybridized carbons (Fsp3) is 0.265. The molecule has 1 atom stereocenters. The summed E-state index contributed by atoms with van der Waals surface area (Å²) in [4.78, 5) is 35.1. The predicted molar refractivity (Wildman–Crippen MR) is 158 cm³/mol. The molecule has 9 heteroatoms. The van der Waals surface area contributed by atoms with Crippen molar-refractivity contribution in [1.82, 2.24) is 0 Å². The van der Waals surface area contributed by atoms with Gasteiger partial charge in [0, 0.05) is 18.4 Å². The van der Waals surface area contributed by atoms with Crippen molar-refractivity contribution < 1.29 is 42.5 Å². The van der Waals surface area contributed by atoms with E-state index in [1.807, 2.05) is 30.3 Å². The van der Waals surface area contributed by atoms with E-state index in [4.69, 9.17) is 18.9 Å². The molecule has 8 nitrogen and oxygen atoms in total. The quantitative estimate of drug-likeness (QED) is 0.0835. The first-order chi connectivity index (χ1) is 20.8. The highest BCUT2D eigenvalue weighted by atomic mass is 19.1. The smallest absolute Gasteiger partial charge is 0.366 e. The summed E-state index contributed by atoms with van der Waals surface area (Å²) in [5, 5.41) is 0. The fourth-order valence-electron chi connectivity index (χ4n) is 4.58. The molecule has 0 aromatic heterocycles. The van der Waals surface area contributed by atoms with E-state index in [9.17, 15) is 18.8 Å². The van der Waals surface area contributed by atoms with Gasteiger partial charge in [-0.15, -0.1) is 0 Å². The van der Waals surface area contributed by atoms with Crippen LogP contribution in [0.2, 0.25) is 0 Å². The molecule has 0 aliphatic heterocycles. The van der Waals surface area contributed by atoms with Gasteiger partial charge in [-0.05, 0) is 83.6 Å². The first-order valence-corrected chi connectivity index (χ1v) is 13.9. The second-order valence-electron chi connectivity index (χ2n) is 9.80. The third-order valence-electron chi connectivity index (χ3n) is 6.80. The van der Waals surface area contributed by atoms with Crippen molar-refractivity contribution in [3.8, 4) is 28.4 Å². The van der Waals surface area contributed by atoms with Gasteiger partial charge in [0.25, 0.3) is 0 Å². The largest absolute Gasteiger partial charge is 0.494 e. The topological polar surface area (TPSA) is 97.4 Å². The minimum Gasteiger partial charge on any atom is -0.494 e.